The third-order valence-corrected chi connectivity index (χ3v) is 1.39. The van der Waals surface area contributed by atoms with E-state index in [4.69, 9.17) is 0 Å². The first-order valence-corrected chi connectivity index (χ1v) is 3.47. The minimum atomic E-state index is 0. The highest BCUT2D eigenvalue weighted by Crippen LogP contribution is 1.94. The molecule has 0 amide bonds. The molecule has 0 atom stereocenters. The van der Waals surface area contributed by atoms with Crippen molar-refractivity contribution >= 4 is 24.8 Å². The van der Waals surface area contributed by atoms with Gasteiger partial charge in [0.25, 0.3) is 0 Å². The molecule has 0 aliphatic rings. The molecule has 0 saturated heterocycles. The highest BCUT2D eigenvalue weighted by atomic mass is 35.5. The van der Waals surface area contributed by atoms with Crippen molar-refractivity contribution in [3.05, 3.63) is 30.1 Å². The summed E-state index contributed by atoms with van der Waals surface area (Å²) in [6.07, 6.45) is 4.75. The Labute approximate surface area is 85.6 Å². The molecular weight excluding hydrogens is 195 g/mol. The molecule has 4 heteroatoms. The zero-order chi connectivity index (χ0) is 7.23. The first-order chi connectivity index (χ1) is 4.93. The highest BCUT2D eigenvalue weighted by molar-refractivity contribution is 5.85. The monoisotopic (exact) mass is 208 g/mol. The molecule has 12 heavy (non-hydrogen) atoms. The van der Waals surface area contributed by atoms with Crippen LogP contribution in [0.25, 0.3) is 0 Å². The van der Waals surface area contributed by atoms with Crippen LogP contribution in [-0.2, 0) is 6.42 Å². The molecule has 2 nitrogen and oxygen atoms in total. The topological polar surface area (TPSA) is 24.9 Å². The molecule has 0 bridgehead atoms. The molecule has 0 aliphatic heterocycles. The number of aromatic nitrogens is 1. The first kappa shape index (κ1) is 14.2. The summed E-state index contributed by atoms with van der Waals surface area (Å²) in [6, 6.07) is 4.05. The zero-order valence-electron chi connectivity index (χ0n) is 6.99. The van der Waals surface area contributed by atoms with Gasteiger partial charge in [0.15, 0.2) is 0 Å². The number of halogens is 2. The molecular formula is C8H14Cl2N2. The van der Waals surface area contributed by atoms with E-state index in [-0.39, 0.29) is 24.8 Å². The van der Waals surface area contributed by atoms with Crippen LogP contribution < -0.4 is 5.32 Å². The lowest BCUT2D eigenvalue weighted by molar-refractivity contribution is 0.789. The Hall–Kier alpha value is -0.310. The molecule has 0 radical (unpaired) electrons. The predicted octanol–water partition coefficient (Wildman–Crippen LogP) is 1.69. The number of rotatable bonds is 3. The van der Waals surface area contributed by atoms with Crippen molar-refractivity contribution in [1.29, 1.82) is 0 Å². The van der Waals surface area contributed by atoms with Crippen molar-refractivity contribution in [3.63, 3.8) is 0 Å². The van der Waals surface area contributed by atoms with Crippen LogP contribution in [-0.4, -0.2) is 18.6 Å². The summed E-state index contributed by atoms with van der Waals surface area (Å²) in [5.41, 5.74) is 1.29. The normalized spacial score (nSPS) is 8.08. The van der Waals surface area contributed by atoms with E-state index in [2.05, 4.69) is 16.4 Å². The Bertz CT molecular complexity index is 180. The van der Waals surface area contributed by atoms with Gasteiger partial charge in [-0.2, -0.15) is 0 Å². The van der Waals surface area contributed by atoms with E-state index in [1.54, 1.807) is 6.20 Å². The van der Waals surface area contributed by atoms with Crippen LogP contribution in [0.15, 0.2) is 24.5 Å². The molecule has 1 heterocycles. The number of likely N-dealkylation sites (N-methyl/N-ethyl adjacent to an activating group) is 1. The van der Waals surface area contributed by atoms with Crippen molar-refractivity contribution in [3.8, 4) is 0 Å². The van der Waals surface area contributed by atoms with E-state index in [9.17, 15) is 0 Å². The van der Waals surface area contributed by atoms with Gasteiger partial charge in [-0.25, -0.2) is 0 Å². The fraction of sp³-hybridized carbons (Fsp3) is 0.375. The Balaban J connectivity index is 0. The number of hydrogen-bond donors (Lipinski definition) is 1. The fourth-order valence-corrected chi connectivity index (χ4v) is 0.815. The van der Waals surface area contributed by atoms with Crippen molar-refractivity contribution in [1.82, 2.24) is 10.3 Å². The summed E-state index contributed by atoms with van der Waals surface area (Å²) >= 11 is 0. The fourth-order valence-electron chi connectivity index (χ4n) is 0.815. The number of hydrogen-bond acceptors (Lipinski definition) is 2. The molecule has 70 valence electrons. The Morgan fingerprint density at radius 3 is 2.67 bits per heavy atom. The van der Waals surface area contributed by atoms with E-state index < -0.39 is 0 Å². The van der Waals surface area contributed by atoms with E-state index in [1.807, 2.05) is 19.3 Å². The largest absolute Gasteiger partial charge is 0.319 e. The minimum absolute atomic E-state index is 0. The van der Waals surface area contributed by atoms with Gasteiger partial charge in [0.05, 0.1) is 0 Å². The lowest BCUT2D eigenvalue weighted by Crippen LogP contribution is -2.10. The number of nitrogens with zero attached hydrogens (tertiary/aromatic N) is 1. The second-order valence-corrected chi connectivity index (χ2v) is 2.21. The van der Waals surface area contributed by atoms with Gasteiger partial charge in [0.1, 0.15) is 0 Å². The summed E-state index contributed by atoms with van der Waals surface area (Å²) in [5, 5.41) is 3.09. The van der Waals surface area contributed by atoms with Gasteiger partial charge in [-0.1, -0.05) is 6.07 Å². The summed E-state index contributed by atoms with van der Waals surface area (Å²) in [4.78, 5) is 4.01. The van der Waals surface area contributed by atoms with Crippen LogP contribution in [0.3, 0.4) is 0 Å². The maximum Gasteiger partial charge on any atom is 0.0300 e. The van der Waals surface area contributed by atoms with Crippen LogP contribution in [0.1, 0.15) is 5.56 Å². The van der Waals surface area contributed by atoms with Crippen LogP contribution in [0.5, 0.6) is 0 Å². The van der Waals surface area contributed by atoms with Crippen LogP contribution >= 0.6 is 24.8 Å². The molecule has 0 saturated carbocycles. The second-order valence-electron chi connectivity index (χ2n) is 2.21. The van der Waals surface area contributed by atoms with Crippen molar-refractivity contribution in [2.24, 2.45) is 0 Å². The molecule has 0 unspecified atom stereocenters. The van der Waals surface area contributed by atoms with Crippen LogP contribution in [0, 0.1) is 0 Å². The predicted molar refractivity (Wildman–Crippen MR) is 56.4 cm³/mol. The second kappa shape index (κ2) is 8.78. The molecule has 0 aromatic carbocycles. The van der Waals surface area contributed by atoms with Crippen molar-refractivity contribution in [2.45, 2.75) is 6.42 Å². The van der Waals surface area contributed by atoms with Gasteiger partial charge in [0, 0.05) is 12.4 Å². The summed E-state index contributed by atoms with van der Waals surface area (Å²) in [6.45, 7) is 1.02. The standard InChI is InChI=1S/C8H12N2.2ClH/c1-9-6-4-8-3-2-5-10-7-8;;/h2-3,5,7,9H,4,6H2,1H3;2*1H. The molecule has 1 rings (SSSR count). The minimum Gasteiger partial charge on any atom is -0.319 e. The van der Waals surface area contributed by atoms with E-state index >= 15 is 0 Å². The highest BCUT2D eigenvalue weighted by Gasteiger charge is 1.87. The summed E-state index contributed by atoms with van der Waals surface area (Å²) in [7, 11) is 1.95. The first-order valence-electron chi connectivity index (χ1n) is 3.47. The molecule has 0 aliphatic carbocycles. The average Bonchev–Trinajstić information content (AvgIpc) is 2.03. The van der Waals surface area contributed by atoms with Crippen LogP contribution in [0.4, 0.5) is 0 Å². The van der Waals surface area contributed by atoms with E-state index in [0.717, 1.165) is 13.0 Å². The molecule has 0 spiro atoms. The number of pyridine rings is 1. The third kappa shape index (κ3) is 5.35. The maximum absolute atomic E-state index is 4.01. The Kier molecular flexibility index (Phi) is 10.4. The molecule has 0 fully saturated rings. The SMILES string of the molecule is CNCCc1cccnc1.Cl.Cl. The van der Waals surface area contributed by atoms with Gasteiger partial charge in [-0.15, -0.1) is 24.8 Å². The summed E-state index contributed by atoms with van der Waals surface area (Å²) < 4.78 is 0. The maximum atomic E-state index is 4.01. The Morgan fingerprint density at radius 1 is 1.42 bits per heavy atom. The van der Waals surface area contributed by atoms with E-state index in [1.165, 1.54) is 5.56 Å². The summed E-state index contributed by atoms with van der Waals surface area (Å²) in [5.74, 6) is 0. The molecule has 1 aromatic rings. The van der Waals surface area contributed by atoms with E-state index in [0.29, 0.717) is 0 Å². The van der Waals surface area contributed by atoms with Gasteiger partial charge in [-0.3, -0.25) is 4.98 Å². The zero-order valence-corrected chi connectivity index (χ0v) is 8.62. The van der Waals surface area contributed by atoms with Crippen molar-refractivity contribution in [2.75, 3.05) is 13.6 Å². The quantitative estimate of drug-likeness (QED) is 0.819. The lowest BCUT2D eigenvalue weighted by Gasteiger charge is -1.97. The van der Waals surface area contributed by atoms with Gasteiger partial charge >= 0.3 is 0 Å². The van der Waals surface area contributed by atoms with Gasteiger partial charge in [0.2, 0.25) is 0 Å². The molecule has 1 aromatic heterocycles. The van der Waals surface area contributed by atoms with Gasteiger partial charge < -0.3 is 5.32 Å². The Morgan fingerprint density at radius 2 is 2.17 bits per heavy atom. The third-order valence-electron chi connectivity index (χ3n) is 1.39. The van der Waals surface area contributed by atoms with Gasteiger partial charge in [-0.05, 0) is 31.6 Å². The molecule has 1 N–H and O–H groups in total. The number of nitrogens with one attached hydrogen (secondary N) is 1. The lowest BCUT2D eigenvalue weighted by atomic mass is 10.2. The smallest absolute Gasteiger partial charge is 0.0300 e. The van der Waals surface area contributed by atoms with Crippen molar-refractivity contribution < 1.29 is 0 Å². The average molecular weight is 209 g/mol. The van der Waals surface area contributed by atoms with Crippen LogP contribution in [0.2, 0.25) is 0 Å².